The van der Waals surface area contributed by atoms with Crippen LogP contribution in [-0.2, 0) is 4.74 Å². The van der Waals surface area contributed by atoms with E-state index in [0.717, 1.165) is 28.2 Å². The lowest BCUT2D eigenvalue weighted by Crippen LogP contribution is -2.25. The van der Waals surface area contributed by atoms with E-state index in [1.54, 1.807) is 31.2 Å². The molecule has 11 nitrogen and oxygen atoms in total. The van der Waals surface area contributed by atoms with Gasteiger partial charge in [0.05, 0.1) is 29.7 Å². The van der Waals surface area contributed by atoms with Crippen LogP contribution in [0.2, 0.25) is 5.02 Å². The number of fused-ring (bicyclic) bond motifs is 1. The molecule has 36 heavy (non-hydrogen) atoms. The molecule has 1 amide bonds. The number of methoxy groups -OCH3 is 1. The monoisotopic (exact) mass is 528 g/mol. The molecule has 0 unspecified atom stereocenters. The second-order valence-corrected chi connectivity index (χ2v) is 8.53. The number of carbonyl (C=O) groups is 2. The van der Waals surface area contributed by atoms with E-state index in [1.807, 2.05) is 0 Å². The van der Waals surface area contributed by atoms with Gasteiger partial charge in [-0.15, -0.1) is 11.3 Å². The van der Waals surface area contributed by atoms with Gasteiger partial charge in [0.15, 0.2) is 5.69 Å². The zero-order valence-electron chi connectivity index (χ0n) is 18.8. The van der Waals surface area contributed by atoms with E-state index in [1.165, 1.54) is 18.6 Å². The topological polar surface area (TPSA) is 143 Å². The van der Waals surface area contributed by atoms with E-state index in [2.05, 4.69) is 10.4 Å². The van der Waals surface area contributed by atoms with Gasteiger partial charge in [-0.1, -0.05) is 11.6 Å². The van der Waals surface area contributed by atoms with Crippen molar-refractivity contribution < 1.29 is 24.0 Å². The molecule has 0 aliphatic heterocycles. The van der Waals surface area contributed by atoms with Crippen LogP contribution in [0.1, 0.15) is 27.8 Å². The maximum absolute atomic E-state index is 13.5. The maximum Gasteiger partial charge on any atom is 0.359 e. The van der Waals surface area contributed by atoms with Crippen LogP contribution in [0.25, 0.3) is 16.5 Å². The van der Waals surface area contributed by atoms with Crippen molar-refractivity contribution in [1.82, 2.24) is 9.78 Å². The quantitative estimate of drug-likeness (QED) is 0.210. The summed E-state index contributed by atoms with van der Waals surface area (Å²) in [5, 5.41) is 20.0. The zero-order chi connectivity index (χ0) is 26.0. The Kier molecular flexibility index (Phi) is 6.99. The molecule has 0 saturated heterocycles. The molecule has 0 aliphatic carbocycles. The van der Waals surface area contributed by atoms with Gasteiger partial charge in [0.2, 0.25) is 0 Å². The lowest BCUT2D eigenvalue weighted by Gasteiger charge is -2.10. The van der Waals surface area contributed by atoms with Crippen LogP contribution in [0, 0.1) is 10.1 Å². The van der Waals surface area contributed by atoms with Crippen molar-refractivity contribution in [1.29, 1.82) is 0 Å². The Balaban J connectivity index is 1.88. The summed E-state index contributed by atoms with van der Waals surface area (Å²) >= 11 is 6.90. The Bertz CT molecular complexity index is 1560. The van der Waals surface area contributed by atoms with E-state index in [9.17, 15) is 24.5 Å². The highest BCUT2D eigenvalue weighted by molar-refractivity contribution is 7.16. The number of benzene rings is 2. The summed E-state index contributed by atoms with van der Waals surface area (Å²) in [6.45, 7) is 1.71. The van der Waals surface area contributed by atoms with Gasteiger partial charge in [-0.25, -0.2) is 4.79 Å². The molecule has 2 aromatic heterocycles. The summed E-state index contributed by atoms with van der Waals surface area (Å²) in [5.74, 6) is -1.06. The summed E-state index contributed by atoms with van der Waals surface area (Å²) < 4.78 is 11.3. The number of thiophene rings is 1. The number of nitro groups is 1. The van der Waals surface area contributed by atoms with Crippen molar-refractivity contribution in [2.75, 3.05) is 19.0 Å². The minimum atomic E-state index is -0.849. The van der Waals surface area contributed by atoms with Gasteiger partial charge in [-0.05, 0) is 43.3 Å². The second-order valence-electron chi connectivity index (χ2n) is 7.21. The molecule has 4 rings (SSSR count). The molecule has 0 fully saturated rings. The summed E-state index contributed by atoms with van der Waals surface area (Å²) in [6.07, 6.45) is 0. The minimum Gasteiger partial charge on any atom is -0.497 e. The average Bonchev–Trinajstić information content (AvgIpc) is 3.28. The first-order valence-corrected chi connectivity index (χ1v) is 11.6. The van der Waals surface area contributed by atoms with Crippen molar-refractivity contribution in [2.45, 2.75) is 6.92 Å². The van der Waals surface area contributed by atoms with Gasteiger partial charge in [0.1, 0.15) is 16.3 Å². The van der Waals surface area contributed by atoms with Crippen LogP contribution in [0.5, 0.6) is 5.75 Å². The minimum absolute atomic E-state index is 0.00750. The van der Waals surface area contributed by atoms with Crippen molar-refractivity contribution in [3.05, 3.63) is 84.6 Å². The third kappa shape index (κ3) is 4.63. The van der Waals surface area contributed by atoms with Crippen LogP contribution in [0.3, 0.4) is 0 Å². The number of hydrogen-bond donors (Lipinski definition) is 1. The van der Waals surface area contributed by atoms with E-state index in [0.29, 0.717) is 11.4 Å². The molecule has 2 heterocycles. The number of carbonyl (C=O) groups excluding carboxylic acids is 2. The van der Waals surface area contributed by atoms with Gasteiger partial charge in [0.25, 0.3) is 17.2 Å². The molecular weight excluding hydrogens is 512 g/mol. The van der Waals surface area contributed by atoms with Crippen LogP contribution in [0.15, 0.2) is 52.6 Å². The standard InChI is InChI=1S/C23H17ClN4O7S/c1-3-35-23(31)19-16-11-36-21(25-20(29)15-10-12(24)4-9-17(15)28(32)33)18(16)22(30)27(26-19)13-5-7-14(34-2)8-6-13/h4-11H,3H2,1-2H3,(H,25,29). The third-order valence-electron chi connectivity index (χ3n) is 5.07. The van der Waals surface area contributed by atoms with Gasteiger partial charge in [0, 0.05) is 21.9 Å². The number of aromatic nitrogens is 2. The van der Waals surface area contributed by atoms with Crippen LogP contribution in [0.4, 0.5) is 10.7 Å². The first-order valence-electron chi connectivity index (χ1n) is 10.4. The molecule has 13 heteroatoms. The fourth-order valence-electron chi connectivity index (χ4n) is 3.41. The van der Waals surface area contributed by atoms with Crippen LogP contribution in [-0.4, -0.2) is 40.3 Å². The SMILES string of the molecule is CCOC(=O)c1nn(-c2ccc(OC)cc2)c(=O)c2c(NC(=O)c3cc(Cl)ccc3[N+](=O)[O-])scc12. The summed E-state index contributed by atoms with van der Waals surface area (Å²) in [7, 11) is 1.49. The Labute approximate surface area is 212 Å². The Morgan fingerprint density at radius 3 is 2.58 bits per heavy atom. The lowest BCUT2D eigenvalue weighted by atomic mass is 10.1. The molecule has 0 radical (unpaired) electrons. The number of ether oxygens (including phenoxy) is 2. The predicted molar refractivity (Wildman–Crippen MR) is 134 cm³/mol. The fourth-order valence-corrected chi connectivity index (χ4v) is 4.51. The Morgan fingerprint density at radius 1 is 1.22 bits per heavy atom. The maximum atomic E-state index is 13.5. The molecule has 0 saturated carbocycles. The van der Waals surface area contributed by atoms with Crippen molar-refractivity contribution in [2.24, 2.45) is 0 Å². The van der Waals surface area contributed by atoms with Crippen molar-refractivity contribution >= 4 is 56.3 Å². The molecule has 0 spiro atoms. The molecule has 4 aromatic rings. The third-order valence-corrected chi connectivity index (χ3v) is 6.20. The number of nitro benzene ring substituents is 1. The van der Waals surface area contributed by atoms with Crippen LogP contribution < -0.4 is 15.6 Å². The van der Waals surface area contributed by atoms with E-state index >= 15 is 0 Å². The summed E-state index contributed by atoms with van der Waals surface area (Å²) in [6, 6.07) is 9.96. The number of nitrogens with one attached hydrogen (secondary N) is 1. The second kappa shape index (κ2) is 10.1. The lowest BCUT2D eigenvalue weighted by molar-refractivity contribution is -0.385. The highest BCUT2D eigenvalue weighted by Gasteiger charge is 2.26. The molecule has 184 valence electrons. The predicted octanol–water partition coefficient (Wildman–Crippen LogP) is 4.45. The van der Waals surface area contributed by atoms with Gasteiger partial charge < -0.3 is 14.8 Å². The molecule has 0 aliphatic rings. The molecule has 0 atom stereocenters. The molecule has 0 bridgehead atoms. The van der Waals surface area contributed by atoms with Gasteiger partial charge >= 0.3 is 5.97 Å². The highest BCUT2D eigenvalue weighted by Crippen LogP contribution is 2.32. The fraction of sp³-hybridized carbons (Fsp3) is 0.130. The number of halogens is 1. The van der Waals surface area contributed by atoms with E-state index < -0.39 is 28.0 Å². The van der Waals surface area contributed by atoms with Crippen LogP contribution >= 0.6 is 22.9 Å². The van der Waals surface area contributed by atoms with E-state index in [-0.39, 0.29) is 38.7 Å². The average molecular weight is 529 g/mol. The number of rotatable bonds is 7. The number of esters is 1. The van der Waals surface area contributed by atoms with Gasteiger partial charge in [-0.2, -0.15) is 9.78 Å². The smallest absolute Gasteiger partial charge is 0.359 e. The first kappa shape index (κ1) is 24.8. The largest absolute Gasteiger partial charge is 0.497 e. The molecule has 1 N–H and O–H groups in total. The first-order chi connectivity index (χ1) is 17.2. The molecule has 2 aromatic carbocycles. The number of hydrogen-bond acceptors (Lipinski definition) is 9. The highest BCUT2D eigenvalue weighted by atomic mass is 35.5. The summed E-state index contributed by atoms with van der Waals surface area (Å²) in [4.78, 5) is 49.8. The van der Waals surface area contributed by atoms with Crippen molar-refractivity contribution in [3.63, 3.8) is 0 Å². The number of anilines is 1. The normalized spacial score (nSPS) is 10.8. The number of amides is 1. The number of nitrogens with zero attached hydrogens (tertiary/aromatic N) is 3. The molecular formula is C23H17ClN4O7S. The Hall–Kier alpha value is -4.29. The summed E-state index contributed by atoms with van der Waals surface area (Å²) in [5.41, 5.74) is -1.16. The van der Waals surface area contributed by atoms with Crippen molar-refractivity contribution in [3.8, 4) is 11.4 Å². The Morgan fingerprint density at radius 2 is 1.94 bits per heavy atom. The van der Waals surface area contributed by atoms with Gasteiger partial charge in [-0.3, -0.25) is 19.7 Å². The van der Waals surface area contributed by atoms with E-state index in [4.69, 9.17) is 21.1 Å². The zero-order valence-corrected chi connectivity index (χ0v) is 20.4.